The van der Waals surface area contributed by atoms with Crippen molar-refractivity contribution in [1.29, 1.82) is 0 Å². The van der Waals surface area contributed by atoms with Gasteiger partial charge in [0.05, 0.1) is 10.5 Å². The van der Waals surface area contributed by atoms with Crippen LogP contribution in [0.25, 0.3) is 0 Å². The molecule has 0 aliphatic carbocycles. The topological polar surface area (TPSA) is 34.1 Å². The van der Waals surface area contributed by atoms with E-state index in [0.29, 0.717) is 0 Å². The maximum Gasteiger partial charge on any atom is 0.155 e. The highest BCUT2D eigenvalue weighted by Gasteiger charge is 2.40. The fourth-order valence-electron chi connectivity index (χ4n) is 2.27. The van der Waals surface area contributed by atoms with Crippen molar-refractivity contribution in [1.82, 2.24) is 0 Å². The largest absolute Gasteiger partial charge is 0.228 e. The molecule has 0 spiro atoms. The molecular weight excluding hydrogens is 172 g/mol. The zero-order valence-corrected chi connectivity index (χ0v) is 9.11. The van der Waals surface area contributed by atoms with E-state index in [1.807, 2.05) is 13.8 Å². The van der Waals surface area contributed by atoms with E-state index in [1.54, 1.807) is 0 Å². The van der Waals surface area contributed by atoms with Crippen molar-refractivity contribution in [2.24, 2.45) is 5.41 Å². The van der Waals surface area contributed by atoms with Gasteiger partial charge in [-0.1, -0.05) is 13.8 Å². The summed E-state index contributed by atoms with van der Waals surface area (Å²) >= 11 is 0. The van der Waals surface area contributed by atoms with Crippen LogP contribution in [0.3, 0.4) is 0 Å². The summed E-state index contributed by atoms with van der Waals surface area (Å²) < 4.78 is 23.2. The first-order valence-electron chi connectivity index (χ1n) is 4.48. The summed E-state index contributed by atoms with van der Waals surface area (Å²) in [5, 5.41) is -0.313. The van der Waals surface area contributed by atoms with Crippen LogP contribution in [0.15, 0.2) is 0 Å². The van der Waals surface area contributed by atoms with Crippen molar-refractivity contribution in [2.45, 2.75) is 51.0 Å². The fourth-order valence-corrected chi connectivity index (χ4v) is 4.43. The predicted molar refractivity (Wildman–Crippen MR) is 50.9 cm³/mol. The molecule has 0 bridgehead atoms. The first-order chi connectivity index (χ1) is 5.26. The minimum atomic E-state index is -2.81. The van der Waals surface area contributed by atoms with E-state index in [9.17, 15) is 8.42 Å². The third kappa shape index (κ3) is 1.65. The van der Waals surface area contributed by atoms with Crippen molar-refractivity contribution in [3.63, 3.8) is 0 Å². The van der Waals surface area contributed by atoms with Gasteiger partial charge in [-0.05, 0) is 32.1 Å². The van der Waals surface area contributed by atoms with Crippen LogP contribution in [-0.2, 0) is 9.84 Å². The molecule has 0 saturated carbocycles. The van der Waals surface area contributed by atoms with Crippen LogP contribution < -0.4 is 0 Å². The van der Waals surface area contributed by atoms with Gasteiger partial charge in [-0.2, -0.15) is 0 Å². The summed E-state index contributed by atoms with van der Waals surface area (Å²) in [5.41, 5.74) is 0.199. The lowest BCUT2D eigenvalue weighted by atomic mass is 9.83. The standard InChI is InChI=1S/C9H18O2S/c1-7-5-9(3,4)6-8(2)12(7,10)11/h7-8H,5-6H2,1-4H3. The smallest absolute Gasteiger partial charge is 0.155 e. The predicted octanol–water partition coefficient (Wildman–Crippen LogP) is 2.00. The van der Waals surface area contributed by atoms with Crippen LogP contribution in [0.2, 0.25) is 0 Å². The lowest BCUT2D eigenvalue weighted by Gasteiger charge is -2.37. The van der Waals surface area contributed by atoms with E-state index in [-0.39, 0.29) is 15.9 Å². The van der Waals surface area contributed by atoms with E-state index in [2.05, 4.69) is 13.8 Å². The molecule has 3 heteroatoms. The summed E-state index contributed by atoms with van der Waals surface area (Å²) in [6.07, 6.45) is 1.61. The molecule has 0 aromatic rings. The van der Waals surface area contributed by atoms with Crippen molar-refractivity contribution in [2.75, 3.05) is 0 Å². The van der Waals surface area contributed by atoms with Crippen molar-refractivity contribution < 1.29 is 8.42 Å². The highest BCUT2D eigenvalue weighted by atomic mass is 32.2. The summed E-state index contributed by atoms with van der Waals surface area (Å²) in [5.74, 6) is 0. The molecule has 1 saturated heterocycles. The van der Waals surface area contributed by atoms with Gasteiger partial charge in [0.15, 0.2) is 9.84 Å². The van der Waals surface area contributed by atoms with E-state index < -0.39 is 9.84 Å². The molecule has 2 nitrogen and oxygen atoms in total. The molecule has 72 valence electrons. The summed E-state index contributed by atoms with van der Waals surface area (Å²) in [4.78, 5) is 0. The van der Waals surface area contributed by atoms with Crippen LogP contribution in [0.1, 0.15) is 40.5 Å². The van der Waals surface area contributed by atoms with Gasteiger partial charge >= 0.3 is 0 Å². The molecule has 1 heterocycles. The zero-order chi connectivity index (χ0) is 9.57. The number of rotatable bonds is 0. The van der Waals surface area contributed by atoms with Crippen LogP contribution in [0, 0.1) is 5.41 Å². The average molecular weight is 190 g/mol. The maximum absolute atomic E-state index is 11.6. The Labute approximate surface area is 75.3 Å². The van der Waals surface area contributed by atoms with Crippen LogP contribution in [0.5, 0.6) is 0 Å². The molecule has 0 N–H and O–H groups in total. The van der Waals surface area contributed by atoms with Crippen LogP contribution >= 0.6 is 0 Å². The lowest BCUT2D eigenvalue weighted by Crippen LogP contribution is -2.40. The summed E-state index contributed by atoms with van der Waals surface area (Å²) in [6.45, 7) is 7.95. The maximum atomic E-state index is 11.6. The van der Waals surface area contributed by atoms with E-state index >= 15 is 0 Å². The molecule has 2 unspecified atom stereocenters. The molecule has 2 atom stereocenters. The Kier molecular flexibility index (Phi) is 2.28. The van der Waals surface area contributed by atoms with E-state index in [1.165, 1.54) is 0 Å². The molecule has 0 aromatic heterocycles. The molecule has 0 radical (unpaired) electrons. The summed E-state index contributed by atoms with van der Waals surface area (Å²) in [6, 6.07) is 0. The van der Waals surface area contributed by atoms with Crippen LogP contribution in [-0.4, -0.2) is 18.9 Å². The fraction of sp³-hybridized carbons (Fsp3) is 1.00. The number of sulfone groups is 1. The minimum Gasteiger partial charge on any atom is -0.228 e. The number of hydrogen-bond donors (Lipinski definition) is 0. The van der Waals surface area contributed by atoms with E-state index in [4.69, 9.17) is 0 Å². The van der Waals surface area contributed by atoms with E-state index in [0.717, 1.165) is 12.8 Å². The Morgan fingerprint density at radius 3 is 1.75 bits per heavy atom. The SMILES string of the molecule is CC1CC(C)(C)CC(C)S1(=O)=O. The van der Waals surface area contributed by atoms with Gasteiger partial charge < -0.3 is 0 Å². The summed E-state index contributed by atoms with van der Waals surface area (Å²) in [7, 11) is -2.81. The molecule has 1 aliphatic heterocycles. The Morgan fingerprint density at radius 2 is 1.42 bits per heavy atom. The van der Waals surface area contributed by atoms with Gasteiger partial charge in [0.1, 0.15) is 0 Å². The quantitative estimate of drug-likeness (QED) is 0.585. The first kappa shape index (κ1) is 10.0. The van der Waals surface area contributed by atoms with Gasteiger partial charge in [0.2, 0.25) is 0 Å². The first-order valence-corrected chi connectivity index (χ1v) is 6.09. The molecule has 12 heavy (non-hydrogen) atoms. The second kappa shape index (κ2) is 2.72. The third-order valence-electron chi connectivity index (χ3n) is 2.80. The van der Waals surface area contributed by atoms with Crippen LogP contribution in [0.4, 0.5) is 0 Å². The molecular formula is C9H18O2S. The highest BCUT2D eigenvalue weighted by molar-refractivity contribution is 7.92. The van der Waals surface area contributed by atoms with Crippen molar-refractivity contribution in [3.8, 4) is 0 Å². The molecule has 0 aromatic carbocycles. The van der Waals surface area contributed by atoms with Gasteiger partial charge in [0.25, 0.3) is 0 Å². The Balaban J connectivity index is 2.93. The lowest BCUT2D eigenvalue weighted by molar-refractivity contribution is 0.283. The van der Waals surface area contributed by atoms with Crippen molar-refractivity contribution >= 4 is 9.84 Å². The third-order valence-corrected chi connectivity index (χ3v) is 5.38. The Bertz CT molecular complexity index is 244. The Hall–Kier alpha value is -0.0500. The normalized spacial score (nSPS) is 39.3. The number of hydrogen-bond acceptors (Lipinski definition) is 2. The Morgan fingerprint density at radius 1 is 1.08 bits per heavy atom. The van der Waals surface area contributed by atoms with Gasteiger partial charge in [-0.25, -0.2) is 8.42 Å². The van der Waals surface area contributed by atoms with Crippen molar-refractivity contribution in [3.05, 3.63) is 0 Å². The highest BCUT2D eigenvalue weighted by Crippen LogP contribution is 2.38. The molecule has 1 fully saturated rings. The average Bonchev–Trinajstić information content (AvgIpc) is 1.82. The molecule has 0 amide bonds. The zero-order valence-electron chi connectivity index (χ0n) is 8.29. The minimum absolute atomic E-state index is 0.156. The van der Waals surface area contributed by atoms with Gasteiger partial charge in [0, 0.05) is 0 Å². The molecule has 1 aliphatic rings. The van der Waals surface area contributed by atoms with Gasteiger partial charge in [-0.3, -0.25) is 0 Å². The van der Waals surface area contributed by atoms with Gasteiger partial charge in [-0.15, -0.1) is 0 Å². The monoisotopic (exact) mass is 190 g/mol. The second-order valence-electron chi connectivity index (χ2n) is 4.78. The molecule has 1 rings (SSSR count). The second-order valence-corrected chi connectivity index (χ2v) is 7.57.